The number of nitrogens with one attached hydrogen (secondary N) is 4. The molecule has 3 amide bonds. The Morgan fingerprint density at radius 1 is 1.09 bits per heavy atom. The Morgan fingerprint density at radius 2 is 1.75 bits per heavy atom. The van der Waals surface area contributed by atoms with E-state index in [1.165, 1.54) is 31.2 Å². The SMILES string of the molecule is CSCCC(NC(=O)C(C)NC(=O)C(CC(=O)O)NC(=O)C(N)Cc1cnc[nH]1)C(=O)O. The minimum absolute atomic E-state index is 0.0820. The van der Waals surface area contributed by atoms with Crippen molar-refractivity contribution in [3.8, 4) is 0 Å². The molecule has 0 aliphatic rings. The van der Waals surface area contributed by atoms with Crippen molar-refractivity contribution < 1.29 is 34.2 Å². The van der Waals surface area contributed by atoms with Crippen LogP contribution in [0.1, 0.15) is 25.5 Å². The van der Waals surface area contributed by atoms with Gasteiger partial charge in [0.15, 0.2) is 0 Å². The molecule has 1 rings (SSSR count). The Kier molecular flexibility index (Phi) is 11.2. The molecule has 13 nitrogen and oxygen atoms in total. The van der Waals surface area contributed by atoms with Crippen molar-refractivity contribution in [2.24, 2.45) is 5.73 Å². The minimum atomic E-state index is -1.49. The van der Waals surface area contributed by atoms with Gasteiger partial charge in [-0.25, -0.2) is 9.78 Å². The number of H-pyrrole nitrogens is 1. The summed E-state index contributed by atoms with van der Waals surface area (Å²) in [6.45, 7) is 1.31. The number of hydrogen-bond acceptors (Lipinski definition) is 8. The van der Waals surface area contributed by atoms with E-state index in [0.717, 1.165) is 0 Å². The lowest BCUT2D eigenvalue weighted by Crippen LogP contribution is -2.57. The number of aromatic amines is 1. The number of nitrogens with two attached hydrogens (primary N) is 1. The van der Waals surface area contributed by atoms with Crippen LogP contribution in [0.5, 0.6) is 0 Å². The van der Waals surface area contributed by atoms with Crippen molar-refractivity contribution in [2.75, 3.05) is 12.0 Å². The van der Waals surface area contributed by atoms with Crippen LogP contribution in [0, 0.1) is 0 Å². The third kappa shape index (κ3) is 9.34. The highest BCUT2D eigenvalue weighted by Gasteiger charge is 2.29. The zero-order chi connectivity index (χ0) is 24.3. The molecule has 0 bridgehead atoms. The number of thioether (sulfide) groups is 1. The van der Waals surface area contributed by atoms with Crippen LogP contribution >= 0.6 is 11.8 Å². The number of carboxylic acids is 2. The number of carboxylic acid groups (broad SMARTS) is 2. The number of rotatable bonds is 14. The summed E-state index contributed by atoms with van der Waals surface area (Å²) in [5.41, 5.74) is 6.38. The van der Waals surface area contributed by atoms with E-state index in [2.05, 4.69) is 25.9 Å². The maximum Gasteiger partial charge on any atom is 0.326 e. The summed E-state index contributed by atoms with van der Waals surface area (Å²) >= 11 is 1.42. The van der Waals surface area contributed by atoms with Crippen molar-refractivity contribution in [1.29, 1.82) is 0 Å². The highest BCUT2D eigenvalue weighted by molar-refractivity contribution is 7.98. The number of aromatic nitrogens is 2. The Balaban J connectivity index is 2.73. The van der Waals surface area contributed by atoms with Crippen LogP contribution in [0.15, 0.2) is 12.5 Å². The fourth-order valence-electron chi connectivity index (χ4n) is 2.56. The van der Waals surface area contributed by atoms with Gasteiger partial charge < -0.3 is 36.9 Å². The molecule has 0 saturated carbocycles. The molecule has 1 aromatic rings. The highest BCUT2D eigenvalue weighted by atomic mass is 32.2. The molecule has 14 heteroatoms. The third-order valence-electron chi connectivity index (χ3n) is 4.32. The second-order valence-corrected chi connectivity index (χ2v) is 7.94. The molecule has 4 atom stereocenters. The maximum atomic E-state index is 12.5. The van der Waals surface area contributed by atoms with Crippen LogP contribution in [0.3, 0.4) is 0 Å². The summed E-state index contributed by atoms with van der Waals surface area (Å²) in [5.74, 6) is -4.51. The van der Waals surface area contributed by atoms with E-state index >= 15 is 0 Å². The van der Waals surface area contributed by atoms with Gasteiger partial charge in [0.25, 0.3) is 0 Å². The van der Waals surface area contributed by atoms with Gasteiger partial charge in [0.05, 0.1) is 18.8 Å². The monoisotopic (exact) mass is 472 g/mol. The first kappa shape index (κ1) is 26.9. The first-order valence-corrected chi connectivity index (χ1v) is 11.0. The number of aliphatic carboxylic acids is 2. The van der Waals surface area contributed by atoms with Crippen LogP contribution in [-0.4, -0.2) is 86.0 Å². The van der Waals surface area contributed by atoms with Gasteiger partial charge >= 0.3 is 11.9 Å². The van der Waals surface area contributed by atoms with E-state index in [-0.39, 0.29) is 12.8 Å². The quantitative estimate of drug-likeness (QED) is 0.159. The predicted octanol–water partition coefficient (Wildman–Crippen LogP) is -1.93. The first-order valence-electron chi connectivity index (χ1n) is 9.62. The van der Waals surface area contributed by atoms with Gasteiger partial charge in [-0.1, -0.05) is 0 Å². The standard InChI is InChI=1S/C18H28N6O7S/c1-9(15(27)23-12(18(30)31)3-4-32-2)22-17(29)13(6-14(25)26)24-16(28)11(19)5-10-7-20-8-21-10/h7-9,11-13H,3-6,19H2,1-2H3,(H,20,21)(H,22,29)(H,23,27)(H,24,28)(H,25,26)(H,30,31). The summed E-state index contributed by atoms with van der Waals surface area (Å²) < 4.78 is 0. The van der Waals surface area contributed by atoms with Gasteiger partial charge in [-0.05, 0) is 25.4 Å². The normalized spacial score (nSPS) is 14.5. The van der Waals surface area contributed by atoms with Crippen LogP contribution < -0.4 is 21.7 Å². The molecule has 0 spiro atoms. The zero-order valence-electron chi connectivity index (χ0n) is 17.7. The van der Waals surface area contributed by atoms with E-state index in [9.17, 15) is 29.1 Å². The lowest BCUT2D eigenvalue weighted by atomic mass is 10.1. The van der Waals surface area contributed by atoms with Gasteiger partial charge in [0, 0.05) is 18.3 Å². The molecule has 32 heavy (non-hydrogen) atoms. The second kappa shape index (κ2) is 13.3. The number of nitrogens with zero attached hydrogens (tertiary/aromatic N) is 1. The predicted molar refractivity (Wildman–Crippen MR) is 115 cm³/mol. The fourth-order valence-corrected chi connectivity index (χ4v) is 3.03. The first-order chi connectivity index (χ1) is 15.0. The number of amides is 3. The smallest absolute Gasteiger partial charge is 0.326 e. The topological polar surface area (TPSA) is 217 Å². The van der Waals surface area contributed by atoms with Crippen molar-refractivity contribution in [2.45, 2.75) is 50.4 Å². The summed E-state index contributed by atoms with van der Waals surface area (Å²) in [4.78, 5) is 66.1. The molecule has 178 valence electrons. The van der Waals surface area contributed by atoms with Crippen molar-refractivity contribution in [3.05, 3.63) is 18.2 Å². The molecular formula is C18H28N6O7S. The molecule has 0 aliphatic carbocycles. The number of carbonyl (C=O) groups is 5. The number of hydrogen-bond donors (Lipinski definition) is 7. The van der Waals surface area contributed by atoms with E-state index in [0.29, 0.717) is 11.4 Å². The van der Waals surface area contributed by atoms with Crippen LogP contribution in [0.2, 0.25) is 0 Å². The van der Waals surface area contributed by atoms with Gasteiger partial charge in [0.2, 0.25) is 17.7 Å². The molecule has 8 N–H and O–H groups in total. The molecule has 4 unspecified atom stereocenters. The lowest BCUT2D eigenvalue weighted by Gasteiger charge is -2.22. The lowest BCUT2D eigenvalue weighted by molar-refractivity contribution is -0.143. The third-order valence-corrected chi connectivity index (χ3v) is 4.96. The average molecular weight is 473 g/mol. The van der Waals surface area contributed by atoms with Crippen LogP contribution in [-0.2, 0) is 30.4 Å². The average Bonchev–Trinajstić information content (AvgIpc) is 3.22. The molecule has 0 fully saturated rings. The molecule has 0 aliphatic heterocycles. The number of carbonyl (C=O) groups excluding carboxylic acids is 3. The molecule has 0 saturated heterocycles. The van der Waals surface area contributed by atoms with Crippen LogP contribution in [0.25, 0.3) is 0 Å². The Labute approximate surface area is 188 Å². The van der Waals surface area contributed by atoms with E-state index < -0.39 is 60.2 Å². The fraction of sp³-hybridized carbons (Fsp3) is 0.556. The van der Waals surface area contributed by atoms with Crippen LogP contribution in [0.4, 0.5) is 0 Å². The summed E-state index contributed by atoms with van der Waals surface area (Å²) in [5, 5.41) is 25.2. The highest BCUT2D eigenvalue weighted by Crippen LogP contribution is 2.03. The maximum absolute atomic E-state index is 12.5. The second-order valence-electron chi connectivity index (χ2n) is 6.96. The Morgan fingerprint density at radius 3 is 2.28 bits per heavy atom. The number of imidazole rings is 1. The van der Waals surface area contributed by atoms with Crippen molar-refractivity contribution in [3.63, 3.8) is 0 Å². The molecular weight excluding hydrogens is 444 g/mol. The van der Waals surface area contributed by atoms with E-state index in [1.807, 2.05) is 0 Å². The van der Waals surface area contributed by atoms with Crippen molar-refractivity contribution >= 4 is 41.4 Å². The van der Waals surface area contributed by atoms with Gasteiger partial charge in [-0.3, -0.25) is 19.2 Å². The van der Waals surface area contributed by atoms with Gasteiger partial charge in [-0.15, -0.1) is 0 Å². The molecule has 1 heterocycles. The Hall–Kier alpha value is -3.13. The summed E-state index contributed by atoms with van der Waals surface area (Å²) in [6.07, 6.45) is 4.20. The van der Waals surface area contributed by atoms with Gasteiger partial charge in [-0.2, -0.15) is 11.8 Å². The summed E-state index contributed by atoms with van der Waals surface area (Å²) in [7, 11) is 0. The van der Waals surface area contributed by atoms with Crippen molar-refractivity contribution in [1.82, 2.24) is 25.9 Å². The minimum Gasteiger partial charge on any atom is -0.481 e. The van der Waals surface area contributed by atoms with E-state index in [1.54, 1.807) is 6.26 Å². The largest absolute Gasteiger partial charge is 0.481 e. The molecule has 0 radical (unpaired) electrons. The van der Waals surface area contributed by atoms with E-state index in [4.69, 9.17) is 10.8 Å². The summed E-state index contributed by atoms with van der Waals surface area (Å²) in [6, 6.07) is -4.88. The molecule has 0 aromatic carbocycles. The Bertz CT molecular complexity index is 804. The zero-order valence-corrected chi connectivity index (χ0v) is 18.5. The molecule has 1 aromatic heterocycles. The van der Waals surface area contributed by atoms with Gasteiger partial charge in [0.1, 0.15) is 18.1 Å².